The minimum atomic E-state index is -0.790. The summed E-state index contributed by atoms with van der Waals surface area (Å²) < 4.78 is 13.1. The molecular formula is C30H35N7O5. The van der Waals surface area contributed by atoms with Crippen LogP contribution in [0.15, 0.2) is 54.7 Å². The van der Waals surface area contributed by atoms with Crippen molar-refractivity contribution in [3.8, 4) is 11.5 Å². The number of carbonyl (C=O) groups excluding carboxylic acids is 3. The van der Waals surface area contributed by atoms with E-state index >= 15 is 0 Å². The van der Waals surface area contributed by atoms with Gasteiger partial charge in [0.05, 0.1) is 12.7 Å². The predicted octanol–water partition coefficient (Wildman–Crippen LogP) is 0.900. The molecule has 0 unspecified atom stereocenters. The third-order valence-corrected chi connectivity index (χ3v) is 7.80. The van der Waals surface area contributed by atoms with Crippen molar-refractivity contribution in [3.05, 3.63) is 71.5 Å². The number of aromatic nitrogens is 3. The molecule has 12 heteroatoms. The molecule has 220 valence electrons. The van der Waals surface area contributed by atoms with E-state index < -0.39 is 12.1 Å². The number of amides is 3. The molecule has 1 saturated heterocycles. The average molecular weight is 574 g/mol. The van der Waals surface area contributed by atoms with Crippen LogP contribution >= 0.6 is 0 Å². The monoisotopic (exact) mass is 573 g/mol. The van der Waals surface area contributed by atoms with Crippen LogP contribution in [0.5, 0.6) is 11.5 Å². The number of rotatable bonds is 4. The van der Waals surface area contributed by atoms with Crippen molar-refractivity contribution < 1.29 is 23.9 Å². The number of fused-ring (bicyclic) bond motifs is 4. The van der Waals surface area contributed by atoms with Gasteiger partial charge in [0, 0.05) is 45.6 Å². The highest BCUT2D eigenvalue weighted by Crippen LogP contribution is 2.31. The molecule has 2 atom stereocenters. The summed E-state index contributed by atoms with van der Waals surface area (Å²) in [7, 11) is 0. The lowest BCUT2D eigenvalue weighted by atomic mass is 10.0. The minimum absolute atomic E-state index is 0.199. The van der Waals surface area contributed by atoms with Crippen LogP contribution in [0.2, 0.25) is 0 Å². The molecule has 4 heterocycles. The van der Waals surface area contributed by atoms with Crippen molar-refractivity contribution >= 4 is 17.7 Å². The van der Waals surface area contributed by atoms with Gasteiger partial charge >= 0.3 is 0 Å². The second-order valence-corrected chi connectivity index (χ2v) is 10.9. The van der Waals surface area contributed by atoms with Crippen molar-refractivity contribution in [2.45, 2.75) is 51.0 Å². The molecule has 1 aromatic heterocycles. The van der Waals surface area contributed by atoms with Gasteiger partial charge in [-0.05, 0) is 29.7 Å². The normalized spacial score (nSPS) is 21.9. The van der Waals surface area contributed by atoms with Gasteiger partial charge in [-0.2, -0.15) is 0 Å². The van der Waals surface area contributed by atoms with Gasteiger partial charge in [0.2, 0.25) is 17.7 Å². The van der Waals surface area contributed by atoms with E-state index in [1.54, 1.807) is 15.8 Å². The van der Waals surface area contributed by atoms with Crippen molar-refractivity contribution in [2.75, 3.05) is 32.8 Å². The second-order valence-electron chi connectivity index (χ2n) is 10.9. The summed E-state index contributed by atoms with van der Waals surface area (Å²) in [6.07, 6.45) is 2.91. The number of hydrogen-bond acceptors (Lipinski definition) is 8. The third-order valence-electron chi connectivity index (χ3n) is 7.80. The van der Waals surface area contributed by atoms with Crippen LogP contribution < -0.4 is 20.1 Å². The standard InChI is InChI=1S/C30H35N7O5/c38-28-7-4-10-36-19-23(33-34-36)17-31-29(39)25-20-35(18-22-8-9-26-27(16-22)42-14-13-41-26)11-12-37(25)30(40)24(32-28)15-21-5-2-1-3-6-21/h1-3,5-6,8-9,16,19,24-25H,4,7,10-15,17-18,20H2,(H,31,39)(H,32,38)/t24-,25+/m0/s1. The lowest BCUT2D eigenvalue weighted by Crippen LogP contribution is -2.63. The smallest absolute Gasteiger partial charge is 0.246 e. The number of carbonyl (C=O) groups is 3. The largest absolute Gasteiger partial charge is 0.486 e. The summed E-state index contributed by atoms with van der Waals surface area (Å²) in [6.45, 7) is 3.59. The predicted molar refractivity (Wildman–Crippen MR) is 151 cm³/mol. The number of hydrogen-bond donors (Lipinski definition) is 2. The molecule has 6 rings (SSSR count). The molecule has 2 aromatic carbocycles. The Bertz CT molecular complexity index is 1430. The van der Waals surface area contributed by atoms with Crippen LogP contribution in [0.4, 0.5) is 0 Å². The van der Waals surface area contributed by atoms with Crippen LogP contribution in [0.1, 0.15) is 29.7 Å². The SMILES string of the molecule is O=C1CCCn2cc(nn2)CNC(=O)[C@H]2CN(Cc3ccc4c(c3)OCCO4)CCN2C(=O)[C@H](Cc2ccccc2)N1. The molecule has 0 radical (unpaired) electrons. The van der Waals surface area contributed by atoms with Gasteiger partial charge in [0.15, 0.2) is 11.5 Å². The van der Waals surface area contributed by atoms with Crippen LogP contribution in [-0.4, -0.2) is 87.4 Å². The molecule has 2 N–H and O–H groups in total. The van der Waals surface area contributed by atoms with Crippen molar-refractivity contribution in [3.63, 3.8) is 0 Å². The van der Waals surface area contributed by atoms with Crippen LogP contribution in [0, 0.1) is 0 Å². The van der Waals surface area contributed by atoms with Crippen molar-refractivity contribution in [1.82, 2.24) is 35.4 Å². The maximum absolute atomic E-state index is 14.1. The quantitative estimate of drug-likeness (QED) is 0.471. The van der Waals surface area contributed by atoms with E-state index in [4.69, 9.17) is 9.47 Å². The Morgan fingerprint density at radius 2 is 1.76 bits per heavy atom. The fraction of sp³-hybridized carbons (Fsp3) is 0.433. The summed E-state index contributed by atoms with van der Waals surface area (Å²) in [4.78, 5) is 44.5. The number of aryl methyl sites for hydroxylation is 1. The van der Waals surface area contributed by atoms with E-state index in [1.807, 2.05) is 48.5 Å². The van der Waals surface area contributed by atoms with Gasteiger partial charge in [0.1, 0.15) is 31.0 Å². The van der Waals surface area contributed by atoms with Crippen LogP contribution in [-0.2, 0) is 40.4 Å². The zero-order valence-corrected chi connectivity index (χ0v) is 23.4. The first-order valence-corrected chi connectivity index (χ1v) is 14.4. The summed E-state index contributed by atoms with van der Waals surface area (Å²) in [5.41, 5.74) is 2.58. The molecule has 12 nitrogen and oxygen atoms in total. The van der Waals surface area contributed by atoms with Crippen molar-refractivity contribution in [1.29, 1.82) is 0 Å². The summed E-state index contributed by atoms with van der Waals surface area (Å²) in [6, 6.07) is 13.9. The zero-order chi connectivity index (χ0) is 28.9. The van der Waals surface area contributed by atoms with Gasteiger partial charge in [-0.25, -0.2) is 0 Å². The highest BCUT2D eigenvalue weighted by Gasteiger charge is 2.38. The first-order valence-electron chi connectivity index (χ1n) is 14.4. The Morgan fingerprint density at radius 1 is 0.929 bits per heavy atom. The highest BCUT2D eigenvalue weighted by atomic mass is 16.6. The topological polar surface area (TPSA) is 131 Å². The van der Waals surface area contributed by atoms with E-state index in [-0.39, 0.29) is 30.7 Å². The first kappa shape index (κ1) is 27.7. The Balaban J connectivity index is 1.25. The lowest BCUT2D eigenvalue weighted by molar-refractivity contribution is -0.146. The average Bonchev–Trinajstić information content (AvgIpc) is 3.47. The number of piperazine rings is 1. The van der Waals surface area contributed by atoms with Crippen molar-refractivity contribution in [2.24, 2.45) is 0 Å². The third kappa shape index (κ3) is 6.54. The molecule has 0 aliphatic carbocycles. The molecular weight excluding hydrogens is 538 g/mol. The molecule has 2 bridgehead atoms. The van der Waals surface area contributed by atoms with Crippen LogP contribution in [0.3, 0.4) is 0 Å². The number of nitrogens with one attached hydrogen (secondary N) is 2. The fourth-order valence-corrected chi connectivity index (χ4v) is 5.66. The Labute approximate surface area is 243 Å². The molecule has 0 spiro atoms. The number of ether oxygens (including phenoxy) is 2. The molecule has 3 aliphatic heterocycles. The van der Waals surface area contributed by atoms with Gasteiger partial charge in [-0.1, -0.05) is 41.6 Å². The Hall–Kier alpha value is -4.45. The minimum Gasteiger partial charge on any atom is -0.486 e. The molecule has 3 amide bonds. The van der Waals surface area contributed by atoms with Gasteiger partial charge in [-0.15, -0.1) is 5.10 Å². The van der Waals surface area contributed by atoms with E-state index in [0.29, 0.717) is 70.2 Å². The maximum atomic E-state index is 14.1. The molecule has 42 heavy (non-hydrogen) atoms. The zero-order valence-electron chi connectivity index (χ0n) is 23.4. The molecule has 3 aliphatic rings. The lowest BCUT2D eigenvalue weighted by Gasteiger charge is -2.42. The van der Waals surface area contributed by atoms with E-state index in [9.17, 15) is 14.4 Å². The second kappa shape index (κ2) is 12.6. The van der Waals surface area contributed by atoms with E-state index in [1.165, 1.54) is 0 Å². The number of nitrogens with zero attached hydrogens (tertiary/aromatic N) is 5. The maximum Gasteiger partial charge on any atom is 0.246 e. The molecule has 1 fully saturated rings. The summed E-state index contributed by atoms with van der Waals surface area (Å²) in [5, 5.41) is 14.2. The first-order chi connectivity index (χ1) is 20.5. The summed E-state index contributed by atoms with van der Waals surface area (Å²) >= 11 is 0. The highest BCUT2D eigenvalue weighted by molar-refractivity contribution is 5.92. The van der Waals surface area contributed by atoms with Gasteiger partial charge < -0.3 is 25.0 Å². The van der Waals surface area contributed by atoms with Crippen LogP contribution in [0.25, 0.3) is 0 Å². The van der Waals surface area contributed by atoms with Gasteiger partial charge in [0.25, 0.3) is 0 Å². The van der Waals surface area contributed by atoms with E-state index in [0.717, 1.165) is 16.9 Å². The Kier molecular flexibility index (Phi) is 8.31. The number of benzene rings is 2. The van der Waals surface area contributed by atoms with E-state index in [2.05, 4.69) is 25.8 Å². The molecule has 0 saturated carbocycles. The van der Waals surface area contributed by atoms with Gasteiger partial charge in [-0.3, -0.25) is 24.0 Å². The fourth-order valence-electron chi connectivity index (χ4n) is 5.66. The Morgan fingerprint density at radius 3 is 2.62 bits per heavy atom. The molecule has 3 aromatic rings. The summed E-state index contributed by atoms with van der Waals surface area (Å²) in [5.74, 6) is 0.698.